The standard InChI is InChI=1S/C11H19O/c1-2-4-10(5-3-1)8-12-9-11-6-7-11/h1,10-11H,2-9H2. The molecule has 1 nitrogen and oxygen atoms in total. The Kier molecular flexibility index (Phi) is 3.04. The van der Waals surface area contributed by atoms with E-state index in [0.29, 0.717) is 0 Å². The minimum Gasteiger partial charge on any atom is -0.381 e. The number of hydrogen-bond acceptors (Lipinski definition) is 1. The van der Waals surface area contributed by atoms with Crippen LogP contribution in [0.1, 0.15) is 38.5 Å². The first-order valence-electron chi connectivity index (χ1n) is 5.34. The van der Waals surface area contributed by atoms with Crippen molar-refractivity contribution < 1.29 is 4.74 Å². The van der Waals surface area contributed by atoms with Gasteiger partial charge in [0.25, 0.3) is 0 Å². The van der Waals surface area contributed by atoms with Crippen molar-refractivity contribution in [2.75, 3.05) is 13.2 Å². The SMILES string of the molecule is [CH]1CCC(COCC2CC2)CC1. The lowest BCUT2D eigenvalue weighted by atomic mass is 9.90. The molecule has 0 N–H and O–H groups in total. The monoisotopic (exact) mass is 167 g/mol. The number of rotatable bonds is 4. The van der Waals surface area contributed by atoms with Crippen molar-refractivity contribution in [2.24, 2.45) is 11.8 Å². The van der Waals surface area contributed by atoms with Gasteiger partial charge in [-0.05, 0) is 56.8 Å². The highest BCUT2D eigenvalue weighted by molar-refractivity contribution is 4.77. The summed E-state index contributed by atoms with van der Waals surface area (Å²) in [5, 5.41) is 0. The summed E-state index contributed by atoms with van der Waals surface area (Å²) >= 11 is 0. The van der Waals surface area contributed by atoms with Gasteiger partial charge in [-0.2, -0.15) is 0 Å². The van der Waals surface area contributed by atoms with Crippen molar-refractivity contribution >= 4 is 0 Å². The number of hydrogen-bond donors (Lipinski definition) is 0. The van der Waals surface area contributed by atoms with Gasteiger partial charge in [0.15, 0.2) is 0 Å². The number of ether oxygens (including phenoxy) is 1. The summed E-state index contributed by atoms with van der Waals surface area (Å²) in [6.45, 7) is 2.07. The topological polar surface area (TPSA) is 9.23 Å². The first-order chi connectivity index (χ1) is 5.95. The summed E-state index contributed by atoms with van der Waals surface area (Å²) < 4.78 is 5.68. The second kappa shape index (κ2) is 4.27. The molecule has 0 aliphatic heterocycles. The van der Waals surface area contributed by atoms with Gasteiger partial charge in [-0.25, -0.2) is 0 Å². The van der Waals surface area contributed by atoms with Crippen LogP contribution in [0.3, 0.4) is 0 Å². The maximum absolute atomic E-state index is 5.68. The third-order valence-electron chi connectivity index (χ3n) is 2.96. The molecule has 2 rings (SSSR count). The summed E-state index contributed by atoms with van der Waals surface area (Å²) in [4.78, 5) is 0. The van der Waals surface area contributed by atoms with E-state index >= 15 is 0 Å². The summed E-state index contributed by atoms with van der Waals surface area (Å²) in [5.41, 5.74) is 0. The van der Waals surface area contributed by atoms with E-state index in [4.69, 9.17) is 4.74 Å². The molecule has 0 heterocycles. The summed E-state index contributed by atoms with van der Waals surface area (Å²) in [6.07, 6.45) is 10.6. The van der Waals surface area contributed by atoms with Crippen LogP contribution in [0.15, 0.2) is 0 Å². The zero-order valence-corrected chi connectivity index (χ0v) is 7.80. The van der Waals surface area contributed by atoms with Crippen molar-refractivity contribution in [1.29, 1.82) is 0 Å². The molecule has 0 unspecified atom stereocenters. The molecule has 0 amide bonds. The van der Waals surface area contributed by atoms with Crippen LogP contribution in [0.4, 0.5) is 0 Å². The van der Waals surface area contributed by atoms with E-state index < -0.39 is 0 Å². The van der Waals surface area contributed by atoms with Crippen LogP contribution in [0.2, 0.25) is 0 Å². The van der Waals surface area contributed by atoms with Gasteiger partial charge in [-0.1, -0.05) is 0 Å². The molecule has 2 fully saturated rings. The van der Waals surface area contributed by atoms with E-state index in [1.165, 1.54) is 38.5 Å². The highest BCUT2D eigenvalue weighted by Crippen LogP contribution is 2.29. The maximum Gasteiger partial charge on any atom is 0.0494 e. The zero-order valence-electron chi connectivity index (χ0n) is 7.80. The molecule has 1 radical (unpaired) electrons. The van der Waals surface area contributed by atoms with Crippen molar-refractivity contribution in [3.8, 4) is 0 Å². The van der Waals surface area contributed by atoms with E-state index in [2.05, 4.69) is 6.42 Å². The normalized spacial score (nSPS) is 26.0. The molecular formula is C11H19O. The predicted molar refractivity (Wildman–Crippen MR) is 49.8 cm³/mol. The van der Waals surface area contributed by atoms with Crippen molar-refractivity contribution in [2.45, 2.75) is 38.5 Å². The maximum atomic E-state index is 5.68. The molecule has 0 bridgehead atoms. The third kappa shape index (κ3) is 2.78. The summed E-state index contributed by atoms with van der Waals surface area (Å²) in [7, 11) is 0. The van der Waals surface area contributed by atoms with Crippen LogP contribution in [-0.2, 0) is 4.74 Å². The third-order valence-corrected chi connectivity index (χ3v) is 2.96. The van der Waals surface area contributed by atoms with Gasteiger partial charge < -0.3 is 4.74 Å². The Labute approximate surface area is 75.5 Å². The summed E-state index contributed by atoms with van der Waals surface area (Å²) in [6, 6.07) is 0. The van der Waals surface area contributed by atoms with Crippen LogP contribution in [-0.4, -0.2) is 13.2 Å². The summed E-state index contributed by atoms with van der Waals surface area (Å²) in [5.74, 6) is 1.80. The van der Waals surface area contributed by atoms with Gasteiger partial charge in [0, 0.05) is 13.2 Å². The smallest absolute Gasteiger partial charge is 0.0494 e. The lowest BCUT2D eigenvalue weighted by molar-refractivity contribution is 0.0818. The predicted octanol–water partition coefficient (Wildman–Crippen LogP) is 2.81. The minimum atomic E-state index is 0.869. The fourth-order valence-corrected chi connectivity index (χ4v) is 1.85. The average Bonchev–Trinajstić information content (AvgIpc) is 2.90. The van der Waals surface area contributed by atoms with Gasteiger partial charge in [0.2, 0.25) is 0 Å². The van der Waals surface area contributed by atoms with Crippen molar-refractivity contribution in [1.82, 2.24) is 0 Å². The van der Waals surface area contributed by atoms with Gasteiger partial charge in [0.1, 0.15) is 0 Å². The van der Waals surface area contributed by atoms with Crippen molar-refractivity contribution in [3.05, 3.63) is 6.42 Å². The van der Waals surface area contributed by atoms with Gasteiger partial charge in [-0.3, -0.25) is 0 Å². The van der Waals surface area contributed by atoms with Crippen molar-refractivity contribution in [3.63, 3.8) is 0 Å². The fraction of sp³-hybridized carbons (Fsp3) is 0.909. The van der Waals surface area contributed by atoms with E-state index in [-0.39, 0.29) is 0 Å². The highest BCUT2D eigenvalue weighted by Gasteiger charge is 2.22. The van der Waals surface area contributed by atoms with Crippen LogP contribution in [0, 0.1) is 18.3 Å². The lowest BCUT2D eigenvalue weighted by Crippen LogP contribution is -2.14. The van der Waals surface area contributed by atoms with Crippen LogP contribution >= 0.6 is 0 Å². The molecule has 0 saturated heterocycles. The lowest BCUT2D eigenvalue weighted by Gasteiger charge is -2.20. The largest absolute Gasteiger partial charge is 0.381 e. The Hall–Kier alpha value is -0.0400. The molecule has 1 heteroatoms. The fourth-order valence-electron chi connectivity index (χ4n) is 1.85. The molecule has 0 aromatic carbocycles. The molecule has 2 aliphatic rings. The first-order valence-corrected chi connectivity index (χ1v) is 5.34. The molecule has 0 aromatic rings. The van der Waals surface area contributed by atoms with Gasteiger partial charge >= 0.3 is 0 Å². The Morgan fingerprint density at radius 3 is 2.08 bits per heavy atom. The van der Waals surface area contributed by atoms with Crippen LogP contribution in [0.5, 0.6) is 0 Å². The first kappa shape index (κ1) is 8.55. The zero-order chi connectivity index (χ0) is 8.23. The molecule has 2 aliphatic carbocycles. The second-order valence-corrected chi connectivity index (χ2v) is 4.29. The van der Waals surface area contributed by atoms with E-state index in [1.807, 2.05) is 0 Å². The van der Waals surface area contributed by atoms with Gasteiger partial charge in [-0.15, -0.1) is 0 Å². The van der Waals surface area contributed by atoms with Gasteiger partial charge in [0.05, 0.1) is 0 Å². The Morgan fingerprint density at radius 1 is 0.917 bits per heavy atom. The quantitative estimate of drug-likeness (QED) is 0.625. The Balaban J connectivity index is 1.52. The molecule has 69 valence electrons. The molecule has 2 saturated carbocycles. The Bertz CT molecular complexity index is 123. The van der Waals surface area contributed by atoms with E-state index in [1.54, 1.807) is 0 Å². The molecule has 12 heavy (non-hydrogen) atoms. The highest BCUT2D eigenvalue weighted by atomic mass is 16.5. The van der Waals surface area contributed by atoms with E-state index in [0.717, 1.165) is 25.0 Å². The molecular weight excluding hydrogens is 148 g/mol. The average molecular weight is 167 g/mol. The molecule has 0 atom stereocenters. The molecule has 0 spiro atoms. The van der Waals surface area contributed by atoms with E-state index in [9.17, 15) is 0 Å². The van der Waals surface area contributed by atoms with Crippen LogP contribution in [0.25, 0.3) is 0 Å². The van der Waals surface area contributed by atoms with Crippen LogP contribution < -0.4 is 0 Å². The molecule has 0 aromatic heterocycles. The second-order valence-electron chi connectivity index (χ2n) is 4.29. The Morgan fingerprint density at radius 2 is 1.50 bits per heavy atom. The minimum absolute atomic E-state index is 0.869.